The summed E-state index contributed by atoms with van der Waals surface area (Å²) in [5.41, 5.74) is 0. The maximum atomic E-state index is 12.9. The fourth-order valence-corrected chi connectivity index (χ4v) is 8.79. The van der Waals surface area contributed by atoms with Crippen molar-refractivity contribution in [1.82, 2.24) is 0 Å². The number of likely N-dealkylation sites (N-methyl/N-ethyl adjacent to an activating group) is 1. The van der Waals surface area contributed by atoms with Crippen molar-refractivity contribution >= 4 is 17.9 Å². The lowest BCUT2D eigenvalue weighted by atomic mass is 10.0. The minimum atomic E-state index is -1.64. The molecule has 0 amide bonds. The summed E-state index contributed by atoms with van der Waals surface area (Å²) < 4.78 is 22.7. The average molecular weight is 1150 g/mol. The van der Waals surface area contributed by atoms with E-state index in [0.29, 0.717) is 17.4 Å². The van der Waals surface area contributed by atoms with Gasteiger partial charge in [-0.05, 0) is 116 Å². The predicted molar refractivity (Wildman–Crippen MR) is 352 cm³/mol. The summed E-state index contributed by atoms with van der Waals surface area (Å²) in [5.74, 6) is -2.33. The van der Waals surface area contributed by atoms with E-state index < -0.39 is 24.3 Å². The summed E-state index contributed by atoms with van der Waals surface area (Å²) in [6.07, 6.45) is 88.0. The first-order valence-electron chi connectivity index (χ1n) is 33.3. The predicted octanol–water partition coefficient (Wildman–Crippen LogP) is 19.2. The number of nitrogens with zero attached hydrogens (tertiary/aromatic N) is 1. The van der Waals surface area contributed by atoms with Crippen LogP contribution in [0.15, 0.2) is 134 Å². The van der Waals surface area contributed by atoms with Crippen molar-refractivity contribution in [3.8, 4) is 0 Å². The van der Waals surface area contributed by atoms with E-state index in [9.17, 15) is 19.5 Å². The molecule has 0 radical (unpaired) electrons. The molecule has 9 nitrogen and oxygen atoms in total. The summed E-state index contributed by atoms with van der Waals surface area (Å²) in [7, 11) is 5.91. The number of hydrogen-bond acceptors (Lipinski definition) is 8. The molecule has 0 aliphatic rings. The first kappa shape index (κ1) is 78.4. The third kappa shape index (κ3) is 64.8. The van der Waals surface area contributed by atoms with E-state index in [2.05, 4.69) is 148 Å². The summed E-state index contributed by atoms with van der Waals surface area (Å²) in [5, 5.41) is 11.8. The first-order valence-corrected chi connectivity index (χ1v) is 33.3. The quantitative estimate of drug-likeness (QED) is 0.0195. The lowest BCUT2D eigenvalue weighted by Gasteiger charge is -2.26. The van der Waals surface area contributed by atoms with E-state index in [1.165, 1.54) is 116 Å². The van der Waals surface area contributed by atoms with Crippen LogP contribution in [0.3, 0.4) is 0 Å². The van der Waals surface area contributed by atoms with Gasteiger partial charge in [0.05, 0.1) is 40.3 Å². The van der Waals surface area contributed by atoms with Gasteiger partial charge in [-0.2, -0.15) is 0 Å². The van der Waals surface area contributed by atoms with E-state index in [1.807, 2.05) is 21.1 Å². The van der Waals surface area contributed by atoms with Crippen LogP contribution < -0.4 is 5.11 Å². The number of unbranched alkanes of at least 4 members (excludes halogenated alkanes) is 23. The van der Waals surface area contributed by atoms with Crippen LogP contribution >= 0.6 is 0 Å². The molecule has 472 valence electrons. The SMILES string of the molecule is CC/C=C\C/C=C\C/C=C\C/C=C\C/C=C\C/C=C\C/C=C\C/C=C\C/C=C\C/C=C\CCCCCCC(=O)OC(COC(=O)CCCCCCCCCCCCC/C=C\CCCCCCCCCC)COC(OCC[N+](C)(C)C)C(=O)[O-]. The normalized spacial score (nSPS) is 13.6. The molecule has 2 atom stereocenters. The highest BCUT2D eigenvalue weighted by atomic mass is 16.7. The van der Waals surface area contributed by atoms with Gasteiger partial charge in [-0.25, -0.2) is 0 Å². The highest BCUT2D eigenvalue weighted by Gasteiger charge is 2.22. The van der Waals surface area contributed by atoms with Crippen molar-refractivity contribution < 1.29 is 42.9 Å². The Kier molecular flexibility index (Phi) is 60.0. The van der Waals surface area contributed by atoms with E-state index in [1.54, 1.807) is 0 Å². The largest absolute Gasteiger partial charge is 0.545 e. The molecule has 0 heterocycles. The van der Waals surface area contributed by atoms with E-state index >= 15 is 0 Å². The molecule has 0 aromatic carbocycles. The second-order valence-electron chi connectivity index (χ2n) is 23.0. The van der Waals surface area contributed by atoms with Crippen LogP contribution in [-0.2, 0) is 33.3 Å². The number of aliphatic carboxylic acids is 1. The summed E-state index contributed by atoms with van der Waals surface area (Å²) in [4.78, 5) is 37.4. The van der Waals surface area contributed by atoms with Crippen molar-refractivity contribution in [3.05, 3.63) is 134 Å². The second kappa shape index (κ2) is 63.5. The number of rotatable bonds is 60. The molecule has 0 aliphatic heterocycles. The number of carbonyl (C=O) groups is 3. The van der Waals surface area contributed by atoms with Gasteiger partial charge in [-0.15, -0.1) is 0 Å². The molecule has 0 saturated heterocycles. The Labute approximate surface area is 509 Å². The number of ether oxygens (including phenoxy) is 4. The van der Waals surface area contributed by atoms with Gasteiger partial charge in [-0.1, -0.05) is 263 Å². The number of hydrogen-bond donors (Lipinski definition) is 0. The monoisotopic (exact) mass is 1150 g/mol. The maximum absolute atomic E-state index is 12.9. The first-order chi connectivity index (χ1) is 40.6. The van der Waals surface area contributed by atoms with Crippen LogP contribution in [0.1, 0.15) is 258 Å². The molecular weight excluding hydrogens is 1030 g/mol. The Morgan fingerprint density at radius 2 is 0.687 bits per heavy atom. The summed E-state index contributed by atoms with van der Waals surface area (Å²) in [6.45, 7) is 4.60. The number of carbonyl (C=O) groups excluding carboxylic acids is 3. The van der Waals surface area contributed by atoms with Crippen molar-refractivity contribution in [2.75, 3.05) is 47.5 Å². The molecule has 0 fully saturated rings. The van der Waals surface area contributed by atoms with Gasteiger partial charge in [0.15, 0.2) is 12.4 Å². The molecule has 83 heavy (non-hydrogen) atoms. The third-order valence-electron chi connectivity index (χ3n) is 13.9. The third-order valence-corrected chi connectivity index (χ3v) is 13.9. The highest BCUT2D eigenvalue weighted by Crippen LogP contribution is 2.15. The maximum Gasteiger partial charge on any atom is 0.306 e. The number of esters is 2. The molecule has 9 heteroatoms. The van der Waals surface area contributed by atoms with Crippen LogP contribution in [0.5, 0.6) is 0 Å². The zero-order valence-electron chi connectivity index (χ0n) is 53.8. The van der Waals surface area contributed by atoms with Gasteiger partial charge in [0.25, 0.3) is 0 Å². The fraction of sp³-hybridized carbons (Fsp3) is 0.662. The number of quaternary nitrogens is 1. The van der Waals surface area contributed by atoms with Gasteiger partial charge >= 0.3 is 11.9 Å². The summed E-state index contributed by atoms with van der Waals surface area (Å²) >= 11 is 0. The van der Waals surface area contributed by atoms with E-state index in [-0.39, 0.29) is 38.6 Å². The number of allylic oxidation sites excluding steroid dienone is 22. The molecule has 0 aromatic rings. The smallest absolute Gasteiger partial charge is 0.306 e. The molecule has 0 spiro atoms. The number of carboxylic acids is 1. The van der Waals surface area contributed by atoms with Gasteiger partial charge in [0.2, 0.25) is 0 Å². The topological polar surface area (TPSA) is 111 Å². The van der Waals surface area contributed by atoms with Gasteiger partial charge < -0.3 is 33.3 Å². The van der Waals surface area contributed by atoms with Crippen molar-refractivity contribution in [1.29, 1.82) is 0 Å². The molecule has 0 rings (SSSR count). The lowest BCUT2D eigenvalue weighted by Crippen LogP contribution is -2.44. The van der Waals surface area contributed by atoms with Gasteiger partial charge in [0, 0.05) is 12.8 Å². The molecule has 0 aromatic heterocycles. The van der Waals surface area contributed by atoms with Crippen LogP contribution in [0.4, 0.5) is 0 Å². The Bertz CT molecular complexity index is 1820. The minimum Gasteiger partial charge on any atom is -0.545 e. The summed E-state index contributed by atoms with van der Waals surface area (Å²) in [6, 6.07) is 0. The van der Waals surface area contributed by atoms with E-state index in [0.717, 1.165) is 109 Å². The Balaban J connectivity index is 4.27. The van der Waals surface area contributed by atoms with Crippen LogP contribution in [0, 0.1) is 0 Å². The molecule has 0 aliphatic carbocycles. The Morgan fingerprint density at radius 1 is 0.373 bits per heavy atom. The molecule has 0 saturated carbocycles. The van der Waals surface area contributed by atoms with Crippen LogP contribution in [0.2, 0.25) is 0 Å². The van der Waals surface area contributed by atoms with Gasteiger partial charge in [0.1, 0.15) is 13.2 Å². The van der Waals surface area contributed by atoms with Crippen molar-refractivity contribution in [2.24, 2.45) is 0 Å². The zero-order valence-corrected chi connectivity index (χ0v) is 53.8. The zero-order chi connectivity index (χ0) is 60.5. The lowest BCUT2D eigenvalue weighted by molar-refractivity contribution is -0.870. The van der Waals surface area contributed by atoms with E-state index in [4.69, 9.17) is 18.9 Å². The molecule has 2 unspecified atom stereocenters. The highest BCUT2D eigenvalue weighted by molar-refractivity contribution is 5.70. The van der Waals surface area contributed by atoms with Crippen molar-refractivity contribution in [3.63, 3.8) is 0 Å². The molecular formula is C74H123NO8. The van der Waals surface area contributed by atoms with Crippen LogP contribution in [-0.4, -0.2) is 82.3 Å². The van der Waals surface area contributed by atoms with Gasteiger partial charge in [-0.3, -0.25) is 9.59 Å². The Morgan fingerprint density at radius 3 is 1.04 bits per heavy atom. The molecule has 0 bridgehead atoms. The minimum absolute atomic E-state index is 0.136. The number of carboxylic acid groups (broad SMARTS) is 1. The Hall–Kier alpha value is -4.57. The fourth-order valence-electron chi connectivity index (χ4n) is 8.79. The van der Waals surface area contributed by atoms with Crippen LogP contribution in [0.25, 0.3) is 0 Å². The standard InChI is InChI=1S/C74H123NO8/c1-6-8-10-12-14-16-18-20-22-24-26-28-30-31-32-33-34-35-36-37-38-39-40-41-43-45-47-49-51-53-55-57-59-61-63-65-72(77)83-70(69-82-74(73(78)79)80-67-66-75(3,4)5)68-81-71(76)64-62-60-58-56-54-52-50-48-46-44-42-29-27-25-23-21-19-17-15-13-11-9-7-2/h8,10,14,16,20,22,25-28,31-32,34-35,37-38,40-41,45,47,51,53,70,74H,6-7,9,11-13,15,17-19,21,23-24,29-30,33,36,39,42-44,46,48-50,52,54-69H2,1-5H3/b10-8-,16-14-,22-20-,27-25-,28-26-,32-31-,35-34-,38-37-,41-40-,47-45-,53-51-. The molecule has 0 N–H and O–H groups in total. The van der Waals surface area contributed by atoms with Crippen molar-refractivity contribution in [2.45, 2.75) is 270 Å². The average Bonchev–Trinajstić information content (AvgIpc) is 3.46. The second-order valence-corrected chi connectivity index (χ2v) is 23.0.